The van der Waals surface area contributed by atoms with Crippen molar-refractivity contribution in [2.45, 2.75) is 20.0 Å². The highest BCUT2D eigenvalue weighted by molar-refractivity contribution is 5.53. The second-order valence-electron chi connectivity index (χ2n) is 6.57. The van der Waals surface area contributed by atoms with Crippen molar-refractivity contribution in [3.63, 3.8) is 0 Å². The van der Waals surface area contributed by atoms with Gasteiger partial charge in [0.1, 0.15) is 0 Å². The molecule has 1 aromatic carbocycles. The van der Waals surface area contributed by atoms with Gasteiger partial charge in [-0.05, 0) is 126 Å². The van der Waals surface area contributed by atoms with E-state index in [-0.39, 0.29) is 11.1 Å². The molecule has 0 saturated carbocycles. The zero-order chi connectivity index (χ0) is 30.7. The van der Waals surface area contributed by atoms with Crippen LogP contribution in [0.5, 0.6) is 0 Å². The summed E-state index contributed by atoms with van der Waals surface area (Å²) < 4.78 is 39.9. The van der Waals surface area contributed by atoms with E-state index < -0.39 is 11.7 Å². The third kappa shape index (κ3) is 15.5. The molecule has 0 radical (unpaired) electrons. The molecule has 0 bridgehead atoms. The topological polar surface area (TPSA) is 0 Å². The second kappa shape index (κ2) is 20.5. The Labute approximate surface area is 245 Å². The number of rotatable bonds is 0. The molecular weight excluding hydrogens is 525 g/mol. The van der Waals surface area contributed by atoms with Gasteiger partial charge < -0.3 is 0 Å². The molecule has 186 valence electrons. The Morgan fingerprint density at radius 3 is 1.02 bits per heavy atom. The van der Waals surface area contributed by atoms with Gasteiger partial charge in [0.15, 0.2) is 0 Å². The molecule has 0 unspecified atom stereocenters. The van der Waals surface area contributed by atoms with Crippen LogP contribution in [0, 0.1) is 192 Å². The Morgan fingerprint density at radius 1 is 0.452 bits per heavy atom. The lowest BCUT2D eigenvalue weighted by Crippen LogP contribution is -2.11. The monoisotopic (exact) mass is 534 g/mol. The van der Waals surface area contributed by atoms with Crippen molar-refractivity contribution in [2.75, 3.05) is 0 Å². The Kier molecular flexibility index (Phi) is 15.8. The van der Waals surface area contributed by atoms with Crippen molar-refractivity contribution < 1.29 is 13.2 Å². The van der Waals surface area contributed by atoms with Gasteiger partial charge in [0.2, 0.25) is 0 Å². The molecule has 0 spiro atoms. The van der Waals surface area contributed by atoms with Gasteiger partial charge in [-0.2, -0.15) is 13.2 Å². The van der Waals surface area contributed by atoms with Crippen LogP contribution in [0.25, 0.3) is 0 Å². The normalized spacial score (nSPS) is 6.38. The zero-order valence-corrected chi connectivity index (χ0v) is 21.9. The van der Waals surface area contributed by atoms with Crippen LogP contribution in [-0.2, 0) is 6.18 Å². The van der Waals surface area contributed by atoms with E-state index in [4.69, 9.17) is 6.42 Å². The van der Waals surface area contributed by atoms with Crippen LogP contribution in [0.15, 0.2) is 12.1 Å². The van der Waals surface area contributed by atoms with Crippen LogP contribution in [-0.4, -0.2) is 0 Å². The maximum atomic E-state index is 13.3. The Bertz CT molecular complexity index is 2220. The van der Waals surface area contributed by atoms with E-state index in [9.17, 15) is 13.2 Å². The van der Waals surface area contributed by atoms with Gasteiger partial charge >= 0.3 is 6.18 Å². The molecule has 3 heteroatoms. The second-order valence-corrected chi connectivity index (χ2v) is 6.57. The summed E-state index contributed by atoms with van der Waals surface area (Å²) >= 11 is 0. The van der Waals surface area contributed by atoms with Crippen molar-refractivity contribution in [1.29, 1.82) is 0 Å². The van der Waals surface area contributed by atoms with Gasteiger partial charge in [-0.25, -0.2) is 0 Å². The summed E-state index contributed by atoms with van der Waals surface area (Å²) in [6.45, 7) is 3.01. The summed E-state index contributed by atoms with van der Waals surface area (Å²) in [5.74, 6) is 70.4. The van der Waals surface area contributed by atoms with E-state index >= 15 is 0 Å². The van der Waals surface area contributed by atoms with Crippen LogP contribution in [0.1, 0.15) is 22.3 Å². The van der Waals surface area contributed by atoms with E-state index in [2.05, 4.69) is 172 Å². The van der Waals surface area contributed by atoms with Gasteiger partial charge in [-0.15, -0.1) is 6.42 Å². The molecule has 0 fully saturated rings. The van der Waals surface area contributed by atoms with E-state index in [1.807, 2.05) is 0 Å². The molecule has 1 rings (SSSR count). The van der Waals surface area contributed by atoms with E-state index in [1.54, 1.807) is 13.0 Å². The van der Waals surface area contributed by atoms with Crippen LogP contribution < -0.4 is 0 Å². The van der Waals surface area contributed by atoms with Gasteiger partial charge in [0.25, 0.3) is 0 Å². The van der Waals surface area contributed by atoms with Crippen LogP contribution in [0.4, 0.5) is 13.2 Å². The smallest absolute Gasteiger partial charge is 0.166 e. The average molecular weight is 534 g/mol. The summed E-state index contributed by atoms with van der Waals surface area (Å²) in [6.07, 6.45) is 0.418. The minimum Gasteiger partial charge on any atom is -0.166 e. The van der Waals surface area contributed by atoms with E-state index in [1.165, 1.54) is 13.0 Å². The molecule has 0 amide bonds. The summed E-state index contributed by atoms with van der Waals surface area (Å²) in [4.78, 5) is 0. The predicted octanol–water partition coefficient (Wildman–Crippen LogP) is 3.35. The standard InChI is InChI=1S/C39H9F3/c1-4-5-6-7-8-9-10-11-12-13-14-15-16-17-18-19-20-21-22-23-24-25-26-27-28-29-30-31-32-37-34-33-35(2)36(3)38(37)39(40,41)42/h1,33-34H,2-3H3. The van der Waals surface area contributed by atoms with Crippen molar-refractivity contribution in [3.8, 4) is 178 Å². The number of benzene rings is 1. The molecule has 0 nitrogen and oxygen atoms in total. The van der Waals surface area contributed by atoms with Crippen molar-refractivity contribution >= 4 is 0 Å². The highest BCUT2D eigenvalue weighted by Crippen LogP contribution is 2.35. The highest BCUT2D eigenvalue weighted by Gasteiger charge is 2.35. The van der Waals surface area contributed by atoms with Crippen molar-refractivity contribution in [2.24, 2.45) is 0 Å². The molecule has 0 aromatic heterocycles. The first-order valence-corrected chi connectivity index (χ1v) is 11.0. The Balaban J connectivity index is 2.58. The summed E-state index contributed by atoms with van der Waals surface area (Å²) in [5, 5.41) is 0. The highest BCUT2D eigenvalue weighted by atomic mass is 19.4. The summed E-state index contributed by atoms with van der Waals surface area (Å²) in [6, 6.07) is 2.90. The Hall–Kier alpha value is -7.59. The maximum Gasteiger partial charge on any atom is 0.417 e. The van der Waals surface area contributed by atoms with E-state index in [0.29, 0.717) is 5.56 Å². The van der Waals surface area contributed by atoms with Gasteiger partial charge in [0.05, 0.1) is 5.56 Å². The Morgan fingerprint density at radius 2 is 0.738 bits per heavy atom. The third-order valence-corrected chi connectivity index (χ3v) is 3.91. The number of hydrogen-bond donors (Lipinski definition) is 0. The molecule has 0 aliphatic carbocycles. The SMILES string of the molecule is C#CC#CC#CC#CC#CC#CC#CC#CC#CC#CC#CC#CC#CC#CC#Cc1ccc(C)c(C)c1C(F)(F)F. The first-order valence-electron chi connectivity index (χ1n) is 11.0. The lowest BCUT2D eigenvalue weighted by Gasteiger charge is -2.14. The fourth-order valence-electron chi connectivity index (χ4n) is 2.20. The number of aryl methyl sites for hydroxylation is 1. The van der Waals surface area contributed by atoms with Crippen molar-refractivity contribution in [1.82, 2.24) is 0 Å². The third-order valence-electron chi connectivity index (χ3n) is 3.91. The molecule has 0 heterocycles. The molecule has 0 N–H and O–H groups in total. The van der Waals surface area contributed by atoms with Gasteiger partial charge in [-0.3, -0.25) is 0 Å². The van der Waals surface area contributed by atoms with Crippen molar-refractivity contribution in [3.05, 3.63) is 34.4 Å². The average Bonchev–Trinajstić information content (AvgIpc) is 2.95. The zero-order valence-electron chi connectivity index (χ0n) is 21.9. The fraction of sp³-hybridized carbons (Fsp3) is 0.0769. The van der Waals surface area contributed by atoms with Gasteiger partial charge in [-0.1, -0.05) is 12.0 Å². The van der Waals surface area contributed by atoms with Crippen LogP contribution in [0.2, 0.25) is 0 Å². The first-order chi connectivity index (χ1) is 20.4. The molecule has 0 aliphatic rings. The fourth-order valence-corrected chi connectivity index (χ4v) is 2.20. The molecular formula is C39H9F3. The number of alkyl halides is 3. The molecule has 0 aliphatic heterocycles. The number of terminal acetylenes is 1. The minimum atomic E-state index is -4.51. The lowest BCUT2D eigenvalue weighted by molar-refractivity contribution is -0.138. The summed E-state index contributed by atoms with van der Waals surface area (Å²) in [7, 11) is 0. The van der Waals surface area contributed by atoms with Crippen LogP contribution >= 0.6 is 0 Å². The number of hydrogen-bond acceptors (Lipinski definition) is 0. The maximum absolute atomic E-state index is 13.3. The molecule has 0 atom stereocenters. The van der Waals surface area contributed by atoms with Crippen LogP contribution in [0.3, 0.4) is 0 Å². The van der Waals surface area contributed by atoms with E-state index in [0.717, 1.165) is 0 Å². The largest absolute Gasteiger partial charge is 0.417 e. The number of halogens is 3. The molecule has 1 aromatic rings. The summed E-state index contributed by atoms with van der Waals surface area (Å²) in [5.41, 5.74) is -0.238. The quantitative estimate of drug-likeness (QED) is 0.448. The minimum absolute atomic E-state index is 0.134. The molecule has 42 heavy (non-hydrogen) atoms. The molecule has 0 saturated heterocycles. The lowest BCUT2D eigenvalue weighted by atomic mass is 9.97. The van der Waals surface area contributed by atoms with Gasteiger partial charge in [0, 0.05) is 76.6 Å². The first kappa shape index (κ1) is 32.4. The predicted molar refractivity (Wildman–Crippen MR) is 158 cm³/mol.